The lowest BCUT2D eigenvalue weighted by atomic mass is 10.1. The maximum atomic E-state index is 12.6. The molecule has 12 heteroatoms. The molecule has 2 fully saturated rings. The molecule has 2 saturated heterocycles. The number of amides is 2. The van der Waals surface area contributed by atoms with E-state index in [1.807, 2.05) is 0 Å². The van der Waals surface area contributed by atoms with Crippen molar-refractivity contribution in [2.75, 3.05) is 19.7 Å². The van der Waals surface area contributed by atoms with E-state index in [1.165, 1.54) is 12.1 Å². The Labute approximate surface area is 164 Å². The zero-order valence-corrected chi connectivity index (χ0v) is 16.0. The van der Waals surface area contributed by atoms with Crippen LogP contribution in [0, 0.1) is 0 Å². The Kier molecular flexibility index (Phi) is 6.03. The van der Waals surface area contributed by atoms with E-state index in [0.29, 0.717) is 19.5 Å². The molecule has 0 spiro atoms. The lowest BCUT2D eigenvalue weighted by Gasteiger charge is -2.39. The molecule has 2 aliphatic rings. The molecule has 160 valence electrons. The molecule has 0 aromatic heterocycles. The van der Waals surface area contributed by atoms with Crippen LogP contribution in [0.2, 0.25) is 0 Å². The van der Waals surface area contributed by atoms with Gasteiger partial charge in [0.1, 0.15) is 6.61 Å². The molecule has 2 heterocycles. The van der Waals surface area contributed by atoms with Crippen LogP contribution in [0.4, 0.5) is 18.0 Å². The smallest absolute Gasteiger partial charge is 0.447 e. The number of benzene rings is 1. The van der Waals surface area contributed by atoms with Gasteiger partial charge < -0.3 is 19.7 Å². The van der Waals surface area contributed by atoms with Gasteiger partial charge in [-0.25, -0.2) is 13.2 Å². The second kappa shape index (κ2) is 8.19. The van der Waals surface area contributed by atoms with Gasteiger partial charge in [0.2, 0.25) is 5.91 Å². The lowest BCUT2D eigenvalue weighted by molar-refractivity contribution is -0.146. The fraction of sp³-hybridized carbons (Fsp3) is 0.529. The molecule has 1 aromatic rings. The molecule has 8 nitrogen and oxygen atoms in total. The van der Waals surface area contributed by atoms with E-state index in [0.717, 1.165) is 12.1 Å². The molecule has 3 rings (SSSR count). The minimum Gasteiger partial charge on any atom is -0.447 e. The summed E-state index contributed by atoms with van der Waals surface area (Å²) in [7, 11) is -5.41. The number of nitrogens with one attached hydrogen (secondary N) is 1. The van der Waals surface area contributed by atoms with Crippen LogP contribution in [0.3, 0.4) is 0 Å². The van der Waals surface area contributed by atoms with Gasteiger partial charge in [-0.15, -0.1) is 0 Å². The first-order valence-electron chi connectivity index (χ1n) is 8.79. The number of hydrogen-bond donors (Lipinski definition) is 1. The van der Waals surface area contributed by atoms with Crippen LogP contribution < -0.4 is 5.32 Å². The minimum atomic E-state index is -5.41. The Bertz CT molecular complexity index is 883. The van der Waals surface area contributed by atoms with E-state index in [4.69, 9.17) is 9.47 Å². The molecule has 1 aromatic carbocycles. The molecule has 29 heavy (non-hydrogen) atoms. The molecule has 2 aliphatic heterocycles. The molecule has 0 aliphatic carbocycles. The summed E-state index contributed by atoms with van der Waals surface area (Å²) >= 11 is 0. The van der Waals surface area contributed by atoms with Crippen molar-refractivity contribution in [3.63, 3.8) is 0 Å². The predicted octanol–water partition coefficient (Wildman–Crippen LogP) is 1.60. The number of nitrogens with zero attached hydrogens (tertiary/aromatic N) is 1. The van der Waals surface area contributed by atoms with Gasteiger partial charge in [-0.1, -0.05) is 12.1 Å². The first-order chi connectivity index (χ1) is 13.6. The summed E-state index contributed by atoms with van der Waals surface area (Å²) in [4.78, 5) is 23.7. The average molecular weight is 436 g/mol. The Morgan fingerprint density at radius 2 is 2.03 bits per heavy atom. The van der Waals surface area contributed by atoms with Crippen LogP contribution in [-0.4, -0.2) is 62.7 Å². The molecular formula is C17H19F3N2O6S. The van der Waals surface area contributed by atoms with Crippen molar-refractivity contribution in [1.82, 2.24) is 10.2 Å². The third kappa shape index (κ3) is 4.99. The van der Waals surface area contributed by atoms with Gasteiger partial charge in [0, 0.05) is 19.5 Å². The molecule has 0 unspecified atom stereocenters. The van der Waals surface area contributed by atoms with Crippen molar-refractivity contribution < 1.29 is 40.7 Å². The second-order valence-corrected chi connectivity index (χ2v) is 8.75. The monoisotopic (exact) mass is 436 g/mol. The minimum absolute atomic E-state index is 0.0701. The highest BCUT2D eigenvalue weighted by Gasteiger charge is 2.46. The lowest BCUT2D eigenvalue weighted by Crippen LogP contribution is -2.54. The van der Waals surface area contributed by atoms with E-state index < -0.39 is 26.3 Å². The van der Waals surface area contributed by atoms with E-state index in [9.17, 15) is 31.2 Å². The number of alkyl halides is 3. The maximum Gasteiger partial charge on any atom is 0.501 e. The van der Waals surface area contributed by atoms with Crippen molar-refractivity contribution >= 4 is 21.8 Å². The molecule has 1 atom stereocenters. The third-order valence-corrected chi connectivity index (χ3v) is 6.13. The number of likely N-dealkylation sites (tertiary alicyclic amines) is 1. The molecular weight excluding hydrogens is 417 g/mol. The number of rotatable bonds is 7. The van der Waals surface area contributed by atoms with Gasteiger partial charge in [0.05, 0.1) is 23.6 Å². The largest absolute Gasteiger partial charge is 0.501 e. The maximum absolute atomic E-state index is 12.6. The number of halogens is 3. The number of carbonyl (C=O) groups is 2. The van der Waals surface area contributed by atoms with Crippen LogP contribution in [0.1, 0.15) is 18.4 Å². The summed E-state index contributed by atoms with van der Waals surface area (Å²) in [5.41, 5.74) is -5.08. The molecule has 0 saturated carbocycles. The van der Waals surface area contributed by atoms with Gasteiger partial charge >= 0.3 is 11.6 Å². The predicted molar refractivity (Wildman–Crippen MR) is 92.3 cm³/mol. The second-order valence-electron chi connectivity index (χ2n) is 6.81. The number of hydrogen-bond acceptors (Lipinski definition) is 6. The quantitative estimate of drug-likeness (QED) is 0.697. The summed E-state index contributed by atoms with van der Waals surface area (Å²) in [5, 5.41) is 2.59. The molecule has 1 N–H and O–H groups in total. The van der Waals surface area contributed by atoms with Crippen LogP contribution in [-0.2, 0) is 30.7 Å². The van der Waals surface area contributed by atoms with Gasteiger partial charge in [-0.05, 0) is 24.1 Å². The number of ether oxygens (including phenoxy) is 2. The molecule has 0 radical (unpaired) electrons. The number of sulfone groups is 1. The fourth-order valence-corrected chi connectivity index (χ4v) is 3.77. The molecule has 2 amide bonds. The van der Waals surface area contributed by atoms with Gasteiger partial charge in [0.25, 0.3) is 9.84 Å². The van der Waals surface area contributed by atoms with Crippen LogP contribution >= 0.6 is 0 Å². The highest BCUT2D eigenvalue weighted by atomic mass is 32.2. The number of carbonyl (C=O) groups excluding carboxylic acids is 2. The van der Waals surface area contributed by atoms with Crippen molar-refractivity contribution in [3.05, 3.63) is 29.8 Å². The first kappa shape index (κ1) is 21.4. The number of alkyl carbamates (subject to hydrolysis) is 1. The Morgan fingerprint density at radius 1 is 1.31 bits per heavy atom. The van der Waals surface area contributed by atoms with Crippen LogP contribution in [0.5, 0.6) is 0 Å². The SMILES string of the molecule is O=C1N[C@H](CCC(=O)N2CC(OCc3cccc(S(=O)(=O)C(F)(F)F)c3)C2)CO1. The number of cyclic esters (lactones) is 1. The topological polar surface area (TPSA) is 102 Å². The zero-order chi connectivity index (χ0) is 21.2. The highest BCUT2D eigenvalue weighted by molar-refractivity contribution is 7.92. The third-order valence-electron chi connectivity index (χ3n) is 4.64. The Balaban J connectivity index is 1.43. The summed E-state index contributed by atoms with van der Waals surface area (Å²) in [6.45, 7) is 0.847. The van der Waals surface area contributed by atoms with Gasteiger partial charge in [-0.2, -0.15) is 13.2 Å². The normalized spacial score (nSPS) is 20.2. The summed E-state index contributed by atoms with van der Waals surface area (Å²) in [5.74, 6) is -0.0933. The van der Waals surface area contributed by atoms with Crippen LogP contribution in [0.15, 0.2) is 29.2 Å². The Morgan fingerprint density at radius 3 is 2.66 bits per heavy atom. The standard InChI is InChI=1S/C17H19F3N2O6S/c18-17(19,20)29(25,26)14-3-1-2-11(6-14)9-27-13-7-22(8-13)15(23)5-4-12-10-28-16(24)21-12/h1-3,6,12-13H,4-5,7-10H2,(H,21,24)/t12-/m1/s1. The zero-order valence-electron chi connectivity index (χ0n) is 15.1. The van der Waals surface area contributed by atoms with Crippen molar-refractivity contribution in [3.8, 4) is 0 Å². The van der Waals surface area contributed by atoms with Crippen molar-refractivity contribution in [2.45, 2.75) is 42.0 Å². The first-order valence-corrected chi connectivity index (χ1v) is 10.3. The van der Waals surface area contributed by atoms with Crippen molar-refractivity contribution in [1.29, 1.82) is 0 Å². The van der Waals surface area contributed by atoms with Gasteiger partial charge in [0.15, 0.2) is 0 Å². The summed E-state index contributed by atoms with van der Waals surface area (Å²) in [6, 6.07) is 4.32. The van der Waals surface area contributed by atoms with Crippen molar-refractivity contribution in [2.24, 2.45) is 0 Å². The van der Waals surface area contributed by atoms with Gasteiger partial charge in [-0.3, -0.25) is 4.79 Å². The fourth-order valence-electron chi connectivity index (χ4n) is 2.93. The van der Waals surface area contributed by atoms with E-state index >= 15 is 0 Å². The highest BCUT2D eigenvalue weighted by Crippen LogP contribution is 2.30. The van der Waals surface area contributed by atoms with E-state index in [2.05, 4.69) is 5.32 Å². The van der Waals surface area contributed by atoms with E-state index in [1.54, 1.807) is 4.90 Å². The Hall–Kier alpha value is -2.34. The molecule has 0 bridgehead atoms. The average Bonchev–Trinajstić information content (AvgIpc) is 3.03. The van der Waals surface area contributed by atoms with E-state index in [-0.39, 0.29) is 43.3 Å². The van der Waals surface area contributed by atoms with Crippen LogP contribution in [0.25, 0.3) is 0 Å². The summed E-state index contributed by atoms with van der Waals surface area (Å²) in [6.07, 6.45) is -0.0610. The summed E-state index contributed by atoms with van der Waals surface area (Å²) < 4.78 is 71.1.